The first-order valence-corrected chi connectivity index (χ1v) is 12.3. The van der Waals surface area contributed by atoms with Crippen LogP contribution < -0.4 is 9.80 Å². The van der Waals surface area contributed by atoms with Crippen LogP contribution in [0.5, 0.6) is 0 Å². The fourth-order valence-electron chi connectivity index (χ4n) is 4.27. The Hall–Kier alpha value is -3.26. The van der Waals surface area contributed by atoms with Crippen molar-refractivity contribution in [1.82, 2.24) is 9.97 Å². The molecule has 2 aliphatic carbocycles. The van der Waals surface area contributed by atoms with Gasteiger partial charge in [0.15, 0.2) is 0 Å². The lowest BCUT2D eigenvalue weighted by Crippen LogP contribution is -2.33. The van der Waals surface area contributed by atoms with E-state index in [0.717, 1.165) is 60.3 Å². The third-order valence-electron chi connectivity index (χ3n) is 6.18. The van der Waals surface area contributed by atoms with Gasteiger partial charge in [-0.15, -0.1) is 0 Å². The van der Waals surface area contributed by atoms with E-state index in [0.29, 0.717) is 39.6 Å². The highest BCUT2D eigenvalue weighted by atomic mass is 16.5. The molecular weight excluding hydrogens is 440 g/mol. The molecule has 3 heterocycles. The third kappa shape index (κ3) is 6.25. The van der Waals surface area contributed by atoms with Crippen LogP contribution in [0.25, 0.3) is 22.5 Å². The summed E-state index contributed by atoms with van der Waals surface area (Å²) in [7, 11) is 0. The Bertz CT molecular complexity index is 990. The molecule has 0 aromatic rings. The van der Waals surface area contributed by atoms with Crippen molar-refractivity contribution in [3.05, 3.63) is 72.8 Å². The molecule has 0 bridgehead atoms. The van der Waals surface area contributed by atoms with Crippen molar-refractivity contribution in [2.24, 2.45) is 0 Å². The molecule has 0 amide bonds. The van der Waals surface area contributed by atoms with Crippen LogP contribution in [-0.4, -0.2) is 75.8 Å². The first-order valence-electron chi connectivity index (χ1n) is 12.3. The van der Waals surface area contributed by atoms with Crippen molar-refractivity contribution in [3.8, 4) is 22.5 Å². The number of hydrogen-bond donors (Lipinski definition) is 0. The molecule has 182 valence electrons. The Balaban J connectivity index is 1.25. The van der Waals surface area contributed by atoms with Gasteiger partial charge in [0, 0.05) is 37.3 Å². The van der Waals surface area contributed by atoms with Crippen LogP contribution >= 0.6 is 0 Å². The molecule has 0 aromatic heterocycles. The van der Waals surface area contributed by atoms with Gasteiger partial charge in [-0.25, -0.2) is 9.97 Å². The zero-order valence-electron chi connectivity index (χ0n) is 20.0. The van der Waals surface area contributed by atoms with Crippen LogP contribution in [0, 0.1) is 0 Å². The molecule has 3 aliphatic heterocycles. The minimum Gasteiger partial charge on any atom is -0.378 e. The quantitative estimate of drug-likeness (QED) is 0.436. The molecule has 0 saturated carbocycles. The van der Waals surface area contributed by atoms with Gasteiger partial charge < -0.3 is 24.0 Å². The first kappa shape index (κ1) is 23.5. The smallest absolute Gasteiger partial charge is 0.130 e. The zero-order valence-corrected chi connectivity index (χ0v) is 20.0. The Morgan fingerprint density at radius 3 is 1.34 bits per heavy atom. The topological polar surface area (TPSA) is 60.0 Å². The van der Waals surface area contributed by atoms with Crippen molar-refractivity contribution in [2.75, 3.05) is 75.6 Å². The lowest BCUT2D eigenvalue weighted by atomic mass is 10.2. The molecule has 0 radical (unpaired) electrons. The van der Waals surface area contributed by atoms with Gasteiger partial charge in [0.05, 0.1) is 51.0 Å². The van der Waals surface area contributed by atoms with E-state index in [1.54, 1.807) is 0 Å². The van der Waals surface area contributed by atoms with Crippen LogP contribution in [0.2, 0.25) is 0 Å². The van der Waals surface area contributed by atoms with E-state index in [1.807, 2.05) is 48.5 Å². The Kier molecular flexibility index (Phi) is 8.00. The van der Waals surface area contributed by atoms with Gasteiger partial charge in [0.1, 0.15) is 11.6 Å². The van der Waals surface area contributed by atoms with E-state index in [4.69, 9.17) is 24.2 Å². The van der Waals surface area contributed by atoms with Gasteiger partial charge in [-0.05, 0) is 24.3 Å². The van der Waals surface area contributed by atoms with Gasteiger partial charge in [-0.1, -0.05) is 48.5 Å². The van der Waals surface area contributed by atoms with Crippen molar-refractivity contribution in [3.63, 3.8) is 0 Å². The fraction of sp³-hybridized carbons (Fsp3) is 0.357. The molecule has 7 heteroatoms. The molecule has 0 N–H and O–H groups in total. The van der Waals surface area contributed by atoms with Gasteiger partial charge in [-0.3, -0.25) is 0 Å². The normalized spacial score (nSPS) is 17.3. The van der Waals surface area contributed by atoms with Crippen LogP contribution in [-0.2, 0) is 14.2 Å². The lowest BCUT2D eigenvalue weighted by Gasteiger charge is -2.24. The number of nitrogens with zero attached hydrogens (tertiary/aromatic N) is 4. The van der Waals surface area contributed by atoms with Gasteiger partial charge in [0.2, 0.25) is 0 Å². The Morgan fingerprint density at radius 2 is 0.886 bits per heavy atom. The van der Waals surface area contributed by atoms with E-state index in [2.05, 4.69) is 34.1 Å². The van der Waals surface area contributed by atoms with Crippen LogP contribution in [0.4, 0.5) is 11.6 Å². The maximum absolute atomic E-state index is 6.07. The summed E-state index contributed by atoms with van der Waals surface area (Å²) < 4.78 is 17.8. The van der Waals surface area contributed by atoms with Crippen LogP contribution in [0.3, 0.4) is 0 Å². The summed E-state index contributed by atoms with van der Waals surface area (Å²) >= 11 is 0. The van der Waals surface area contributed by atoms with E-state index >= 15 is 0 Å². The molecule has 0 unspecified atom stereocenters. The van der Waals surface area contributed by atoms with E-state index in [-0.39, 0.29) is 0 Å². The van der Waals surface area contributed by atoms with Gasteiger partial charge in [0.25, 0.3) is 0 Å². The van der Waals surface area contributed by atoms with Gasteiger partial charge >= 0.3 is 0 Å². The monoisotopic (exact) mass is 472 g/mol. The standard InChI is InChI=1S/C28H32N4O3/c1-3-7-23-21-27(29-25(23)9-5-1)31-11-15-33-16-12-32(14-18-35-20-19-34-17-13-31)28-22-24-8-4-2-6-10-26(24)30-28/h1-10,21-22H,11-20H2. The molecule has 5 rings (SSSR count). The highest BCUT2D eigenvalue weighted by molar-refractivity contribution is 5.69. The highest BCUT2D eigenvalue weighted by Gasteiger charge is 2.16. The second-order valence-corrected chi connectivity index (χ2v) is 8.54. The van der Waals surface area contributed by atoms with Crippen molar-refractivity contribution in [2.45, 2.75) is 0 Å². The molecule has 5 aliphatic rings. The molecule has 7 nitrogen and oxygen atoms in total. The molecule has 1 saturated heterocycles. The number of anilines is 2. The summed E-state index contributed by atoms with van der Waals surface area (Å²) in [5.74, 6) is 1.92. The van der Waals surface area contributed by atoms with Crippen molar-refractivity contribution in [1.29, 1.82) is 0 Å². The molecule has 35 heavy (non-hydrogen) atoms. The molecule has 1 fully saturated rings. The molecular formula is C28H32N4O3. The summed E-state index contributed by atoms with van der Waals surface area (Å²) in [5, 5.41) is 0. The lowest BCUT2D eigenvalue weighted by molar-refractivity contribution is 0.0530. The van der Waals surface area contributed by atoms with Crippen LogP contribution in [0.1, 0.15) is 0 Å². The predicted molar refractivity (Wildman–Crippen MR) is 139 cm³/mol. The van der Waals surface area contributed by atoms with E-state index in [9.17, 15) is 0 Å². The SMILES string of the molecule is c1ccc2cc(N3CCOCCOCCN(c4cc5cccccc-5n4)CCOCC3)nc-2cc1. The van der Waals surface area contributed by atoms with E-state index < -0.39 is 0 Å². The second kappa shape index (κ2) is 11.9. The fourth-order valence-corrected chi connectivity index (χ4v) is 4.27. The number of ether oxygens (including phenoxy) is 3. The Labute approximate surface area is 207 Å². The predicted octanol–water partition coefficient (Wildman–Crippen LogP) is 4.06. The summed E-state index contributed by atoms with van der Waals surface area (Å²) in [6.07, 6.45) is 0. The number of fused-ring (bicyclic) bond motifs is 2. The second-order valence-electron chi connectivity index (χ2n) is 8.54. The van der Waals surface area contributed by atoms with Gasteiger partial charge in [-0.2, -0.15) is 0 Å². The first-order chi connectivity index (χ1) is 17.4. The minimum absolute atomic E-state index is 0.575. The van der Waals surface area contributed by atoms with Crippen molar-refractivity contribution >= 4 is 11.6 Å². The minimum atomic E-state index is 0.575. The average Bonchev–Trinajstić information content (AvgIpc) is 3.29. The molecule has 0 atom stereocenters. The summed E-state index contributed by atoms with van der Waals surface area (Å²) in [5.41, 5.74) is 4.26. The Morgan fingerprint density at radius 1 is 0.486 bits per heavy atom. The third-order valence-corrected chi connectivity index (χ3v) is 6.18. The molecule has 0 spiro atoms. The van der Waals surface area contributed by atoms with Crippen molar-refractivity contribution < 1.29 is 14.2 Å². The largest absolute Gasteiger partial charge is 0.378 e. The average molecular weight is 473 g/mol. The molecule has 0 aromatic carbocycles. The summed E-state index contributed by atoms with van der Waals surface area (Å²) in [6, 6.07) is 24.7. The zero-order chi connectivity index (χ0) is 23.7. The number of hydrogen-bond acceptors (Lipinski definition) is 7. The summed E-state index contributed by atoms with van der Waals surface area (Å²) in [6.45, 7) is 6.65. The van der Waals surface area contributed by atoms with E-state index in [1.165, 1.54) is 0 Å². The highest BCUT2D eigenvalue weighted by Crippen LogP contribution is 2.27. The maximum Gasteiger partial charge on any atom is 0.130 e. The van der Waals surface area contributed by atoms with Crippen LogP contribution in [0.15, 0.2) is 72.8 Å². The summed E-state index contributed by atoms with van der Waals surface area (Å²) in [4.78, 5) is 14.2. The number of rotatable bonds is 2. The number of aromatic nitrogens is 2. The maximum atomic E-state index is 6.07.